The first-order chi connectivity index (χ1) is 46.5. The molecule has 4 heteroatoms. The van der Waals surface area contributed by atoms with Crippen LogP contribution in [0.5, 0.6) is 0 Å². The molecule has 10 atom stereocenters. The summed E-state index contributed by atoms with van der Waals surface area (Å²) in [5.74, 6) is 6.82. The number of pyridine rings is 3. The number of rotatable bonds is 13. The van der Waals surface area contributed by atoms with Gasteiger partial charge in [0.05, 0.1) is 0 Å². The topological polar surface area (TPSA) is 38.7 Å². The van der Waals surface area contributed by atoms with Gasteiger partial charge in [0, 0.05) is 18.6 Å². The zero-order valence-corrected chi connectivity index (χ0v) is 58.9. The second-order valence-electron chi connectivity index (χ2n) is 30.3. The van der Waals surface area contributed by atoms with Crippen molar-refractivity contribution in [3.8, 4) is 112 Å². The molecule has 0 saturated heterocycles. The van der Waals surface area contributed by atoms with Crippen molar-refractivity contribution in [3.05, 3.63) is 260 Å². The zero-order valence-electron chi connectivity index (χ0n) is 56.5. The Morgan fingerprint density at radius 3 is 1.52 bits per heavy atom. The predicted molar refractivity (Wildman–Crippen MR) is 394 cm³/mol. The Morgan fingerprint density at radius 1 is 0.406 bits per heavy atom. The maximum absolute atomic E-state index is 4.97. The van der Waals surface area contributed by atoms with E-state index in [9.17, 15) is 0 Å². The van der Waals surface area contributed by atoms with Crippen molar-refractivity contribution in [2.24, 2.45) is 52.3 Å². The van der Waals surface area contributed by atoms with Gasteiger partial charge in [0.25, 0.3) is 0 Å². The Morgan fingerprint density at radius 2 is 0.948 bits per heavy atom. The quantitative estimate of drug-likeness (QED) is 0.108. The summed E-state index contributed by atoms with van der Waals surface area (Å²) < 4.78 is 0. The van der Waals surface area contributed by atoms with Crippen LogP contribution in [0.15, 0.2) is 231 Å². The Bertz CT molecular complexity index is 4520. The van der Waals surface area contributed by atoms with E-state index in [1.54, 1.807) is 0 Å². The van der Waals surface area contributed by atoms with Crippen LogP contribution in [0.2, 0.25) is 0 Å². The molecule has 480 valence electrons. The molecule has 0 N–H and O–H groups in total. The SMILES string of the molecule is CC(C)[C@@H]1CC[C@@H](C)CC1c1ccc(-c2cc(-c3ccccc3-c3c[c-]c(-c4ccccn4)cc3)cc(-c3ccccc3-c3c[c-]c(-c4cc(-c5ccc(C6CC[C@]7(C)[C@H](CC[C@@H]8[C@H]9CCC[C@]9(C)CC[C@H]87)C6)cc5)ccn4)cc3)c2)c(-c2c[c-]c(-c3ccccn3)cc2)c1.[Ir+3]. The summed E-state index contributed by atoms with van der Waals surface area (Å²) in [5, 5.41) is 0. The smallest absolute Gasteiger partial charge is 0.305 e. The average molecular weight is 1430 g/mol. The van der Waals surface area contributed by atoms with E-state index in [4.69, 9.17) is 9.97 Å². The third-order valence-corrected chi connectivity index (χ3v) is 24.7. The minimum Gasteiger partial charge on any atom is -0.305 e. The van der Waals surface area contributed by atoms with E-state index in [-0.39, 0.29) is 20.1 Å². The molecule has 3 aromatic heterocycles. The van der Waals surface area contributed by atoms with Gasteiger partial charge < -0.3 is 15.0 Å². The zero-order chi connectivity index (χ0) is 64.2. The summed E-state index contributed by atoms with van der Waals surface area (Å²) in [6, 6.07) is 89.5. The molecule has 0 amide bonds. The fourth-order valence-corrected chi connectivity index (χ4v) is 19.5. The summed E-state index contributed by atoms with van der Waals surface area (Å²) in [7, 11) is 0. The Balaban J connectivity index is 0.00000756. The first kappa shape index (κ1) is 63.9. The second kappa shape index (κ2) is 27.0. The van der Waals surface area contributed by atoms with Crippen LogP contribution >= 0.6 is 0 Å². The van der Waals surface area contributed by atoms with Gasteiger partial charge in [0.15, 0.2) is 0 Å². The van der Waals surface area contributed by atoms with Gasteiger partial charge in [-0.25, -0.2) is 0 Å². The van der Waals surface area contributed by atoms with Gasteiger partial charge in [-0.1, -0.05) is 202 Å². The monoisotopic (exact) mass is 1430 g/mol. The summed E-state index contributed by atoms with van der Waals surface area (Å²) in [4.78, 5) is 14.3. The molecule has 5 aliphatic rings. The molecule has 5 saturated carbocycles. The minimum absolute atomic E-state index is 0. The molecular weight excluding hydrogens is 1340 g/mol. The number of hydrogen-bond donors (Lipinski definition) is 0. The number of benzene rings is 8. The third kappa shape index (κ3) is 12.3. The Hall–Kier alpha value is -8.14. The molecule has 11 aromatic rings. The molecule has 0 radical (unpaired) electrons. The van der Waals surface area contributed by atoms with Crippen molar-refractivity contribution in [1.29, 1.82) is 0 Å². The van der Waals surface area contributed by atoms with E-state index in [1.807, 2.05) is 48.9 Å². The molecule has 3 heterocycles. The van der Waals surface area contributed by atoms with Gasteiger partial charge in [-0.2, -0.15) is 0 Å². The summed E-state index contributed by atoms with van der Waals surface area (Å²) in [5.41, 5.74) is 26.0. The van der Waals surface area contributed by atoms with Crippen LogP contribution in [0.25, 0.3) is 112 Å². The molecule has 5 fully saturated rings. The van der Waals surface area contributed by atoms with Crippen LogP contribution in [-0.2, 0) is 20.1 Å². The molecular formula is C92H88IrN3. The average Bonchev–Trinajstić information content (AvgIpc) is 1.25. The van der Waals surface area contributed by atoms with E-state index in [0.717, 1.165) is 113 Å². The first-order valence-corrected chi connectivity index (χ1v) is 35.9. The molecule has 0 spiro atoms. The van der Waals surface area contributed by atoms with Gasteiger partial charge >= 0.3 is 20.1 Å². The van der Waals surface area contributed by atoms with Crippen LogP contribution in [0, 0.1) is 70.5 Å². The largest absolute Gasteiger partial charge is 3.00 e. The normalized spacial score (nSPS) is 24.5. The van der Waals surface area contributed by atoms with Gasteiger partial charge in [-0.15, -0.1) is 89.5 Å². The number of fused-ring (bicyclic) bond motifs is 5. The van der Waals surface area contributed by atoms with E-state index in [1.165, 1.54) is 117 Å². The van der Waals surface area contributed by atoms with Crippen molar-refractivity contribution in [3.63, 3.8) is 0 Å². The molecule has 16 rings (SSSR count). The molecule has 96 heavy (non-hydrogen) atoms. The van der Waals surface area contributed by atoms with Gasteiger partial charge in [-0.3, -0.25) is 0 Å². The van der Waals surface area contributed by atoms with E-state index >= 15 is 0 Å². The Labute approximate surface area is 585 Å². The molecule has 2 unspecified atom stereocenters. The predicted octanol–water partition coefficient (Wildman–Crippen LogP) is 24.6. The van der Waals surface area contributed by atoms with Crippen LogP contribution in [0.1, 0.15) is 141 Å². The van der Waals surface area contributed by atoms with Crippen LogP contribution < -0.4 is 0 Å². The Kier molecular flexibility index (Phi) is 18.0. The molecule has 0 aliphatic heterocycles. The van der Waals surface area contributed by atoms with Gasteiger partial charge in [0.1, 0.15) is 0 Å². The minimum atomic E-state index is 0. The number of aromatic nitrogens is 3. The molecule has 3 nitrogen and oxygen atoms in total. The van der Waals surface area contributed by atoms with Crippen molar-refractivity contribution in [2.75, 3.05) is 0 Å². The number of hydrogen-bond acceptors (Lipinski definition) is 3. The third-order valence-electron chi connectivity index (χ3n) is 24.7. The van der Waals surface area contributed by atoms with Crippen LogP contribution in [-0.4, -0.2) is 15.0 Å². The molecule has 0 bridgehead atoms. The molecule has 8 aromatic carbocycles. The van der Waals surface area contributed by atoms with Crippen LogP contribution in [0.4, 0.5) is 0 Å². The maximum atomic E-state index is 4.97. The summed E-state index contributed by atoms with van der Waals surface area (Å²) >= 11 is 0. The summed E-state index contributed by atoms with van der Waals surface area (Å²) in [6.45, 7) is 12.7. The fraction of sp³-hybridized carbons (Fsp3) is 0.315. The fourth-order valence-electron chi connectivity index (χ4n) is 19.5. The van der Waals surface area contributed by atoms with E-state index in [0.29, 0.717) is 40.4 Å². The maximum Gasteiger partial charge on any atom is 3.00 e. The second-order valence-corrected chi connectivity index (χ2v) is 30.3. The van der Waals surface area contributed by atoms with Crippen molar-refractivity contribution < 1.29 is 20.1 Å². The first-order valence-electron chi connectivity index (χ1n) is 35.9. The summed E-state index contributed by atoms with van der Waals surface area (Å²) in [6.07, 6.45) is 23.8. The van der Waals surface area contributed by atoms with E-state index < -0.39 is 0 Å². The number of nitrogens with zero attached hydrogens (tertiary/aromatic N) is 3. The van der Waals surface area contributed by atoms with Crippen LogP contribution in [0.3, 0.4) is 0 Å². The van der Waals surface area contributed by atoms with Crippen molar-refractivity contribution in [1.82, 2.24) is 15.0 Å². The van der Waals surface area contributed by atoms with E-state index in [2.05, 4.69) is 240 Å². The van der Waals surface area contributed by atoms with Gasteiger partial charge in [-0.05, 0) is 244 Å². The molecule has 5 aliphatic carbocycles. The van der Waals surface area contributed by atoms with Crippen molar-refractivity contribution >= 4 is 0 Å². The standard InChI is InChI=1S/C92H88N3.Ir/c1-60(2)77-41-22-61(3)53-84(77)72-39-42-82(85(58-72)66-31-35-68(36-32-66)89-21-11-13-51-94-89)75-55-73(80-17-8-6-15-78(80)64-27-33-67(34-28-64)88-20-10-12-50-93-88)54-74(56-75)81-18-9-7-16-79(81)65-29-37-69(38-30-65)90-59-71(46-52-95-90)63-25-23-62(24-26-63)70-44-49-92(5)76(57-70)40-43-83-86-19-14-47-91(86,4)48-45-87(83)92;/h6-13,15-18,20-21,23-33,35,37,39,42,46,50-52,54-56,58-61,70,76-77,83-84,86-87H,14,19,22,40-41,43-45,47-49,53,57H2,1-5H3;/q-3;+3/t61-,70?,76-,77+,83-,84?,86-,87-,91-,92-;/m1./s1. The van der Waals surface area contributed by atoms with Gasteiger partial charge in [0.2, 0.25) is 0 Å². The van der Waals surface area contributed by atoms with Crippen molar-refractivity contribution in [2.45, 2.75) is 130 Å².